The van der Waals surface area contributed by atoms with Crippen LogP contribution in [-0.2, 0) is 4.79 Å². The van der Waals surface area contributed by atoms with Crippen LogP contribution in [0.5, 0.6) is 11.5 Å². The molecular weight excluding hydrogens is 350 g/mol. The molecule has 0 radical (unpaired) electrons. The summed E-state index contributed by atoms with van der Waals surface area (Å²) < 4.78 is 5.35. The van der Waals surface area contributed by atoms with E-state index in [1.165, 1.54) is 12.3 Å². The van der Waals surface area contributed by atoms with E-state index in [9.17, 15) is 20.0 Å². The molecule has 0 aliphatic carbocycles. The Morgan fingerprint density at radius 2 is 2.12 bits per heavy atom. The topological polar surface area (TPSA) is 117 Å². The minimum atomic E-state index is -0.763. The van der Waals surface area contributed by atoms with Gasteiger partial charge in [-0.2, -0.15) is 5.10 Å². The maximum atomic E-state index is 11.7. The van der Waals surface area contributed by atoms with Gasteiger partial charge in [0.05, 0.1) is 11.1 Å². The molecule has 2 aromatic rings. The molecule has 1 N–H and O–H groups in total. The van der Waals surface area contributed by atoms with Crippen molar-refractivity contribution in [2.24, 2.45) is 5.10 Å². The Kier molecular flexibility index (Phi) is 5.91. The quantitative estimate of drug-likeness (QED) is 0.480. The molecule has 0 atom stereocenters. The van der Waals surface area contributed by atoms with Crippen LogP contribution in [0.3, 0.4) is 0 Å². The molecule has 0 bridgehead atoms. The van der Waals surface area contributed by atoms with E-state index in [1.807, 2.05) is 0 Å². The van der Waals surface area contributed by atoms with E-state index in [4.69, 9.17) is 16.3 Å². The lowest BCUT2D eigenvalue weighted by atomic mass is 10.2. The highest BCUT2D eigenvalue weighted by molar-refractivity contribution is 6.30. The lowest BCUT2D eigenvalue weighted by molar-refractivity contribution is -0.398. The molecule has 9 heteroatoms. The smallest absolute Gasteiger partial charge is 0.277 e. The maximum absolute atomic E-state index is 11.7. The largest absolute Gasteiger partial charge is 0.868 e. The van der Waals surface area contributed by atoms with Crippen LogP contribution in [0, 0.1) is 17.0 Å². The monoisotopic (exact) mass is 362 g/mol. The number of ether oxygens (including phenoxy) is 1. The van der Waals surface area contributed by atoms with Gasteiger partial charge in [0.2, 0.25) is 0 Å². The zero-order valence-electron chi connectivity index (χ0n) is 13.1. The Hall–Kier alpha value is -3.13. The molecule has 8 nitrogen and oxygen atoms in total. The van der Waals surface area contributed by atoms with Crippen molar-refractivity contribution in [2.75, 3.05) is 6.61 Å². The van der Waals surface area contributed by atoms with Gasteiger partial charge in [0.1, 0.15) is 5.75 Å². The third-order valence-corrected chi connectivity index (χ3v) is 3.31. The van der Waals surface area contributed by atoms with Gasteiger partial charge in [0, 0.05) is 11.1 Å². The predicted molar refractivity (Wildman–Crippen MR) is 90.0 cm³/mol. The highest BCUT2D eigenvalue weighted by atomic mass is 35.5. The van der Waals surface area contributed by atoms with Crippen molar-refractivity contribution >= 4 is 29.4 Å². The molecule has 130 valence electrons. The third kappa shape index (κ3) is 5.18. The summed E-state index contributed by atoms with van der Waals surface area (Å²) in [6.07, 6.45) is 1.20. The van der Waals surface area contributed by atoms with Gasteiger partial charge in [-0.15, -0.1) is 0 Å². The van der Waals surface area contributed by atoms with Gasteiger partial charge in [0.15, 0.2) is 6.61 Å². The van der Waals surface area contributed by atoms with Crippen molar-refractivity contribution in [1.29, 1.82) is 0 Å². The van der Waals surface area contributed by atoms with Crippen LogP contribution in [0.15, 0.2) is 41.5 Å². The van der Waals surface area contributed by atoms with Crippen LogP contribution in [0.4, 0.5) is 5.69 Å². The van der Waals surface area contributed by atoms with E-state index < -0.39 is 22.3 Å². The lowest BCUT2D eigenvalue weighted by Crippen LogP contribution is -2.24. The van der Waals surface area contributed by atoms with Crippen molar-refractivity contribution in [3.63, 3.8) is 0 Å². The highest BCUT2D eigenvalue weighted by Gasteiger charge is 2.06. The Morgan fingerprint density at radius 1 is 1.36 bits per heavy atom. The molecule has 0 saturated heterocycles. The molecule has 25 heavy (non-hydrogen) atoms. The van der Waals surface area contributed by atoms with Gasteiger partial charge in [-0.25, -0.2) is 5.43 Å². The number of nitrogens with one attached hydrogen (secondary N) is 1. The first-order chi connectivity index (χ1) is 11.9. The summed E-state index contributed by atoms with van der Waals surface area (Å²) in [4.78, 5) is 21.5. The summed E-state index contributed by atoms with van der Waals surface area (Å²) in [7, 11) is 0. The van der Waals surface area contributed by atoms with Crippen LogP contribution in [0.1, 0.15) is 11.1 Å². The van der Waals surface area contributed by atoms with Gasteiger partial charge >= 0.3 is 0 Å². The SMILES string of the molecule is Cc1cc(Cl)ccc1OCC(=O)NN=Cc1ccc([N+](=O)[O-])c([O-])c1. The average Bonchev–Trinajstić information content (AvgIpc) is 2.53. The Balaban J connectivity index is 1.88. The van der Waals surface area contributed by atoms with Crippen LogP contribution >= 0.6 is 11.6 Å². The molecule has 2 rings (SSSR count). The van der Waals surface area contributed by atoms with Crippen LogP contribution in [0.25, 0.3) is 0 Å². The second-order valence-electron chi connectivity index (χ2n) is 4.98. The number of carbonyl (C=O) groups is 1. The summed E-state index contributed by atoms with van der Waals surface area (Å²) in [5.74, 6) is -0.716. The average molecular weight is 363 g/mol. The molecule has 0 aliphatic heterocycles. The van der Waals surface area contributed by atoms with Gasteiger partial charge in [0.25, 0.3) is 11.6 Å². The first kappa shape index (κ1) is 18.2. The van der Waals surface area contributed by atoms with Crippen molar-refractivity contribution in [1.82, 2.24) is 5.43 Å². The molecule has 0 heterocycles. The van der Waals surface area contributed by atoms with E-state index >= 15 is 0 Å². The molecule has 0 unspecified atom stereocenters. The molecular formula is C16H13ClN3O5-. The first-order valence-electron chi connectivity index (χ1n) is 7.03. The minimum Gasteiger partial charge on any atom is -0.868 e. The number of nitro groups is 1. The summed E-state index contributed by atoms with van der Waals surface area (Å²) in [5.41, 5.74) is 2.83. The molecule has 0 saturated carbocycles. The molecule has 2 aromatic carbocycles. The summed E-state index contributed by atoms with van der Waals surface area (Å²) in [6.45, 7) is 1.54. The van der Waals surface area contributed by atoms with Crippen LogP contribution < -0.4 is 15.3 Å². The summed E-state index contributed by atoms with van der Waals surface area (Å²) in [6, 6.07) is 8.50. The zero-order valence-corrected chi connectivity index (χ0v) is 13.8. The van der Waals surface area contributed by atoms with E-state index in [1.54, 1.807) is 25.1 Å². The number of hydrogen-bond donors (Lipinski definition) is 1. The second kappa shape index (κ2) is 8.11. The van der Waals surface area contributed by atoms with E-state index in [2.05, 4.69) is 10.5 Å². The van der Waals surface area contributed by atoms with Crippen molar-refractivity contribution in [2.45, 2.75) is 6.92 Å². The number of aryl methyl sites for hydroxylation is 1. The number of hydrazone groups is 1. The number of nitro benzene ring substituents is 1. The predicted octanol–water partition coefficient (Wildman–Crippen LogP) is 2.16. The van der Waals surface area contributed by atoms with Gasteiger partial charge < -0.3 is 9.84 Å². The Bertz CT molecular complexity index is 839. The van der Waals surface area contributed by atoms with Crippen molar-refractivity contribution < 1.29 is 19.6 Å². The number of rotatable bonds is 6. The maximum Gasteiger partial charge on any atom is 0.277 e. The van der Waals surface area contributed by atoms with Crippen LogP contribution in [0.2, 0.25) is 5.02 Å². The molecule has 0 spiro atoms. The molecule has 0 aliphatic rings. The Morgan fingerprint density at radius 3 is 2.76 bits per heavy atom. The van der Waals surface area contributed by atoms with Crippen LogP contribution in [-0.4, -0.2) is 23.7 Å². The number of halogens is 1. The van der Waals surface area contributed by atoms with E-state index in [0.29, 0.717) is 16.3 Å². The second-order valence-corrected chi connectivity index (χ2v) is 5.41. The standard InChI is InChI=1S/C16H14ClN3O5/c1-10-6-12(17)3-5-15(10)25-9-16(22)19-18-8-11-2-4-13(20(23)24)14(21)7-11/h2-8,21H,9H2,1H3,(H,19,22)/p-1. The fourth-order valence-corrected chi connectivity index (χ4v) is 2.12. The number of benzene rings is 2. The van der Waals surface area contributed by atoms with Gasteiger partial charge in [-0.3, -0.25) is 14.9 Å². The zero-order chi connectivity index (χ0) is 18.4. The fourth-order valence-electron chi connectivity index (χ4n) is 1.89. The first-order valence-corrected chi connectivity index (χ1v) is 7.41. The van der Waals surface area contributed by atoms with Gasteiger partial charge in [-0.05, 0) is 48.1 Å². The van der Waals surface area contributed by atoms with E-state index in [-0.39, 0.29) is 6.61 Å². The number of nitrogens with zero attached hydrogens (tertiary/aromatic N) is 2. The fraction of sp³-hybridized carbons (Fsp3) is 0.125. The number of hydrogen-bond acceptors (Lipinski definition) is 6. The molecule has 1 amide bonds. The Labute approximate surface area is 147 Å². The van der Waals surface area contributed by atoms with Gasteiger partial charge in [-0.1, -0.05) is 17.7 Å². The number of carbonyl (C=O) groups excluding carboxylic acids is 1. The van der Waals surface area contributed by atoms with Crippen molar-refractivity contribution in [3.05, 3.63) is 62.7 Å². The number of amides is 1. The van der Waals surface area contributed by atoms with E-state index in [0.717, 1.165) is 17.7 Å². The highest BCUT2D eigenvalue weighted by Crippen LogP contribution is 2.23. The molecule has 0 aromatic heterocycles. The summed E-state index contributed by atoms with van der Waals surface area (Å²) >= 11 is 5.83. The molecule has 0 fully saturated rings. The summed E-state index contributed by atoms with van der Waals surface area (Å²) in [5, 5.41) is 26.3. The third-order valence-electron chi connectivity index (χ3n) is 3.08. The normalized spacial score (nSPS) is 10.6. The van der Waals surface area contributed by atoms with Crippen molar-refractivity contribution in [3.8, 4) is 11.5 Å². The minimum absolute atomic E-state index is 0.257. The lowest BCUT2D eigenvalue weighted by Gasteiger charge is -2.08.